The highest BCUT2D eigenvalue weighted by Crippen LogP contribution is 2.20. The number of aromatic nitrogens is 1. The third-order valence-electron chi connectivity index (χ3n) is 2.40. The lowest BCUT2D eigenvalue weighted by Crippen LogP contribution is -2.40. The van der Waals surface area contributed by atoms with E-state index in [-0.39, 0.29) is 11.7 Å². The lowest BCUT2D eigenvalue weighted by Gasteiger charge is -2.08. The summed E-state index contributed by atoms with van der Waals surface area (Å²) in [5.41, 5.74) is 6.23. The van der Waals surface area contributed by atoms with Crippen molar-refractivity contribution in [2.75, 3.05) is 18.0 Å². The molecule has 0 aliphatic carbocycles. The van der Waals surface area contributed by atoms with Gasteiger partial charge in [-0.05, 0) is 24.5 Å². The first-order chi connectivity index (χ1) is 9.49. The summed E-state index contributed by atoms with van der Waals surface area (Å²) in [7, 11) is 0. The largest absolute Gasteiger partial charge is 0.397 e. The summed E-state index contributed by atoms with van der Waals surface area (Å²) in [5, 5.41) is 5.48. The summed E-state index contributed by atoms with van der Waals surface area (Å²) < 4.78 is 0. The third kappa shape index (κ3) is 6.42. The van der Waals surface area contributed by atoms with Gasteiger partial charge in [-0.2, -0.15) is 0 Å². The van der Waals surface area contributed by atoms with Crippen LogP contribution in [0.5, 0.6) is 0 Å². The fourth-order valence-corrected chi connectivity index (χ4v) is 2.05. The van der Waals surface area contributed by atoms with Gasteiger partial charge in [-0.3, -0.25) is 10.1 Å². The first-order valence-corrected chi connectivity index (χ1v) is 7.38. The lowest BCUT2D eigenvalue weighted by molar-refractivity contribution is -0.117. The molecule has 0 radical (unpaired) electrons. The molecule has 0 atom stereocenters. The third-order valence-corrected chi connectivity index (χ3v) is 3.42. The van der Waals surface area contributed by atoms with Gasteiger partial charge in [0.05, 0.1) is 11.4 Å². The Labute approximate surface area is 122 Å². The average Bonchev–Trinajstić information content (AvgIpc) is 2.37. The molecule has 0 aliphatic rings. The smallest absolute Gasteiger partial charge is 0.321 e. The maximum Gasteiger partial charge on any atom is 0.321 e. The number of pyridine rings is 1. The van der Waals surface area contributed by atoms with E-state index in [1.54, 1.807) is 18.3 Å². The van der Waals surface area contributed by atoms with Crippen LogP contribution in [0.2, 0.25) is 0 Å². The predicted octanol–water partition coefficient (Wildman–Crippen LogP) is 1.63. The van der Waals surface area contributed by atoms with Crippen LogP contribution in [0, 0.1) is 5.92 Å². The Morgan fingerprint density at radius 2 is 2.20 bits per heavy atom. The van der Waals surface area contributed by atoms with Crippen molar-refractivity contribution in [2.24, 2.45) is 5.92 Å². The Morgan fingerprint density at radius 1 is 1.45 bits per heavy atom. The monoisotopic (exact) mass is 296 g/mol. The van der Waals surface area contributed by atoms with Crippen molar-refractivity contribution < 1.29 is 9.59 Å². The van der Waals surface area contributed by atoms with Gasteiger partial charge in [0.1, 0.15) is 5.03 Å². The molecule has 0 saturated carbocycles. The highest BCUT2D eigenvalue weighted by molar-refractivity contribution is 8.00. The predicted molar refractivity (Wildman–Crippen MR) is 80.4 cm³/mol. The number of carbonyl (C=O) groups excluding carboxylic acids is 2. The molecule has 1 rings (SSSR count). The van der Waals surface area contributed by atoms with Crippen LogP contribution in [-0.2, 0) is 4.79 Å². The van der Waals surface area contributed by atoms with E-state index in [1.807, 2.05) is 0 Å². The highest BCUT2D eigenvalue weighted by atomic mass is 32.2. The number of rotatable bonds is 6. The molecule has 0 aromatic carbocycles. The summed E-state index contributed by atoms with van der Waals surface area (Å²) >= 11 is 1.20. The SMILES string of the molecule is CC(C)CCNC(=O)NC(=O)CSc1ncccc1N. The van der Waals surface area contributed by atoms with Crippen molar-refractivity contribution in [3.63, 3.8) is 0 Å². The van der Waals surface area contributed by atoms with Crippen molar-refractivity contribution >= 4 is 29.4 Å². The van der Waals surface area contributed by atoms with Gasteiger partial charge in [0.25, 0.3) is 0 Å². The van der Waals surface area contributed by atoms with E-state index in [0.717, 1.165) is 6.42 Å². The number of nitrogens with one attached hydrogen (secondary N) is 2. The number of thioether (sulfide) groups is 1. The van der Waals surface area contributed by atoms with Crippen LogP contribution in [0.1, 0.15) is 20.3 Å². The minimum atomic E-state index is -0.467. The average molecular weight is 296 g/mol. The molecule has 4 N–H and O–H groups in total. The molecule has 20 heavy (non-hydrogen) atoms. The molecule has 1 aromatic heterocycles. The Bertz CT molecular complexity index is 465. The van der Waals surface area contributed by atoms with Crippen LogP contribution in [-0.4, -0.2) is 29.2 Å². The number of nitrogen functional groups attached to an aromatic ring is 1. The Balaban J connectivity index is 2.26. The zero-order valence-electron chi connectivity index (χ0n) is 11.7. The van der Waals surface area contributed by atoms with Gasteiger partial charge in [0, 0.05) is 12.7 Å². The molecular formula is C13H20N4O2S. The van der Waals surface area contributed by atoms with E-state index in [4.69, 9.17) is 5.73 Å². The second-order valence-electron chi connectivity index (χ2n) is 4.67. The summed E-state index contributed by atoms with van der Waals surface area (Å²) in [5.74, 6) is 0.231. The Hall–Kier alpha value is -1.76. The molecule has 0 bridgehead atoms. The second kappa shape index (κ2) is 8.42. The number of nitrogens with two attached hydrogens (primary N) is 1. The van der Waals surface area contributed by atoms with Crippen LogP contribution < -0.4 is 16.4 Å². The maximum absolute atomic E-state index is 11.6. The van der Waals surface area contributed by atoms with Crippen LogP contribution in [0.25, 0.3) is 0 Å². The number of nitrogens with zero attached hydrogens (tertiary/aromatic N) is 1. The minimum Gasteiger partial charge on any atom is -0.397 e. The fraction of sp³-hybridized carbons (Fsp3) is 0.462. The summed E-state index contributed by atoms with van der Waals surface area (Å²) in [6.45, 7) is 4.69. The summed E-state index contributed by atoms with van der Waals surface area (Å²) in [4.78, 5) is 27.1. The van der Waals surface area contributed by atoms with Gasteiger partial charge >= 0.3 is 6.03 Å². The van der Waals surface area contributed by atoms with E-state index in [1.165, 1.54) is 11.8 Å². The molecule has 1 aromatic rings. The quantitative estimate of drug-likeness (QED) is 0.693. The first kappa shape index (κ1) is 16.3. The van der Waals surface area contributed by atoms with Gasteiger partial charge in [-0.1, -0.05) is 25.6 Å². The van der Waals surface area contributed by atoms with E-state index >= 15 is 0 Å². The van der Waals surface area contributed by atoms with Crippen LogP contribution >= 0.6 is 11.8 Å². The van der Waals surface area contributed by atoms with Crippen molar-refractivity contribution in [2.45, 2.75) is 25.3 Å². The summed E-state index contributed by atoms with van der Waals surface area (Å²) in [6, 6.07) is 2.97. The number of urea groups is 1. The van der Waals surface area contributed by atoms with Crippen LogP contribution in [0.3, 0.4) is 0 Å². The van der Waals surface area contributed by atoms with E-state index < -0.39 is 6.03 Å². The van der Waals surface area contributed by atoms with Crippen molar-refractivity contribution in [3.05, 3.63) is 18.3 Å². The lowest BCUT2D eigenvalue weighted by atomic mass is 10.1. The Kier molecular flexibility index (Phi) is 6.86. The topological polar surface area (TPSA) is 97.1 Å². The number of hydrogen-bond donors (Lipinski definition) is 3. The normalized spacial score (nSPS) is 10.3. The van der Waals surface area contributed by atoms with Crippen LogP contribution in [0.15, 0.2) is 23.4 Å². The zero-order valence-corrected chi connectivity index (χ0v) is 12.5. The highest BCUT2D eigenvalue weighted by Gasteiger charge is 2.09. The molecule has 7 heteroatoms. The Morgan fingerprint density at radius 3 is 2.85 bits per heavy atom. The molecule has 3 amide bonds. The van der Waals surface area contributed by atoms with Gasteiger partial charge < -0.3 is 11.1 Å². The molecule has 0 spiro atoms. The number of amides is 3. The molecule has 0 saturated heterocycles. The maximum atomic E-state index is 11.6. The number of carbonyl (C=O) groups is 2. The molecule has 0 fully saturated rings. The zero-order chi connectivity index (χ0) is 15.0. The first-order valence-electron chi connectivity index (χ1n) is 6.40. The van der Waals surface area contributed by atoms with Crippen molar-refractivity contribution in [1.29, 1.82) is 0 Å². The second-order valence-corrected chi connectivity index (χ2v) is 5.64. The van der Waals surface area contributed by atoms with E-state index in [9.17, 15) is 9.59 Å². The molecule has 0 aliphatic heterocycles. The van der Waals surface area contributed by atoms with Gasteiger partial charge in [0.15, 0.2) is 0 Å². The van der Waals surface area contributed by atoms with Crippen molar-refractivity contribution in [3.8, 4) is 0 Å². The molecule has 110 valence electrons. The standard InChI is InChI=1S/C13H20N4O2S/c1-9(2)5-7-16-13(19)17-11(18)8-20-12-10(14)4-3-6-15-12/h3-4,6,9H,5,7-8,14H2,1-2H3,(H2,16,17,18,19). The fourth-order valence-electron chi connectivity index (χ4n) is 1.34. The van der Waals surface area contributed by atoms with Gasteiger partial charge in [0.2, 0.25) is 5.91 Å². The van der Waals surface area contributed by atoms with E-state index in [0.29, 0.717) is 23.2 Å². The number of hydrogen-bond acceptors (Lipinski definition) is 5. The van der Waals surface area contributed by atoms with Crippen LogP contribution in [0.4, 0.5) is 10.5 Å². The summed E-state index contributed by atoms with van der Waals surface area (Å²) in [6.07, 6.45) is 2.48. The van der Waals surface area contributed by atoms with Gasteiger partial charge in [-0.25, -0.2) is 9.78 Å². The number of imide groups is 1. The molecule has 0 unspecified atom stereocenters. The molecule has 1 heterocycles. The van der Waals surface area contributed by atoms with Crippen molar-refractivity contribution in [1.82, 2.24) is 15.6 Å². The molecular weight excluding hydrogens is 276 g/mol. The van der Waals surface area contributed by atoms with E-state index in [2.05, 4.69) is 29.5 Å². The minimum absolute atomic E-state index is 0.0960. The number of anilines is 1. The van der Waals surface area contributed by atoms with Gasteiger partial charge in [-0.15, -0.1) is 0 Å². The molecule has 6 nitrogen and oxygen atoms in total.